The standard InChI is InChI=1S/C33H33F4N3O3S2/c1-3-4-24-19-28(13-14-30(24)43-42-22(2)41)44-21-31-29(38-32(45-31)23-5-7-25(8-6-23)33(35,36)37)20-39-15-17-40(18-16-39)27-11-9-26(34)10-12-27/h5-14,19H,3-4,15-18,20-21H2,1-2H3. The van der Waals surface area contributed by atoms with E-state index in [0.29, 0.717) is 28.6 Å². The van der Waals surface area contributed by atoms with Crippen molar-refractivity contribution in [2.45, 2.75) is 50.1 Å². The van der Waals surface area contributed by atoms with Gasteiger partial charge >= 0.3 is 12.1 Å². The third-order valence-corrected chi connectivity index (χ3v) is 9.69. The van der Waals surface area contributed by atoms with Crippen LogP contribution in [0, 0.1) is 5.82 Å². The summed E-state index contributed by atoms with van der Waals surface area (Å²) in [6.07, 6.45) is -2.77. The first-order valence-corrected chi connectivity index (χ1v) is 16.4. The van der Waals surface area contributed by atoms with Crippen LogP contribution in [0.25, 0.3) is 10.6 Å². The Morgan fingerprint density at radius 1 is 1.00 bits per heavy atom. The summed E-state index contributed by atoms with van der Waals surface area (Å²) in [7, 11) is 0. The monoisotopic (exact) mass is 659 g/mol. The van der Waals surface area contributed by atoms with Crippen LogP contribution in [0.15, 0.2) is 71.6 Å². The van der Waals surface area contributed by atoms with Gasteiger partial charge in [0.25, 0.3) is 0 Å². The molecule has 0 spiro atoms. The first-order chi connectivity index (χ1) is 21.6. The van der Waals surface area contributed by atoms with Crippen molar-refractivity contribution in [3.8, 4) is 16.3 Å². The minimum atomic E-state index is -4.40. The number of halogens is 4. The predicted octanol–water partition coefficient (Wildman–Crippen LogP) is 8.39. The van der Waals surface area contributed by atoms with Crippen LogP contribution in [0.5, 0.6) is 5.75 Å². The van der Waals surface area contributed by atoms with E-state index in [1.165, 1.54) is 42.5 Å². The fourth-order valence-corrected chi connectivity index (χ4v) is 7.15. The molecule has 3 aromatic carbocycles. The van der Waals surface area contributed by atoms with Crippen LogP contribution in [0.2, 0.25) is 0 Å². The number of benzene rings is 3. The molecule has 0 bridgehead atoms. The molecule has 0 amide bonds. The van der Waals surface area contributed by atoms with Crippen LogP contribution >= 0.6 is 23.1 Å². The van der Waals surface area contributed by atoms with Crippen molar-refractivity contribution in [2.75, 3.05) is 31.1 Å². The van der Waals surface area contributed by atoms with Gasteiger partial charge in [0, 0.05) is 72.0 Å². The third-order valence-electron chi connectivity index (χ3n) is 7.34. The molecule has 1 aliphatic heterocycles. The van der Waals surface area contributed by atoms with Crippen molar-refractivity contribution in [2.24, 2.45) is 0 Å². The van der Waals surface area contributed by atoms with Crippen LogP contribution < -0.4 is 9.79 Å². The number of aromatic nitrogens is 1. The minimum Gasteiger partial charge on any atom is -0.369 e. The zero-order chi connectivity index (χ0) is 32.0. The molecule has 0 N–H and O–H groups in total. The van der Waals surface area contributed by atoms with Crippen LogP contribution in [-0.2, 0) is 34.6 Å². The summed E-state index contributed by atoms with van der Waals surface area (Å²) >= 11 is 3.13. The Labute approximate surface area is 267 Å². The number of carbonyl (C=O) groups excluding carboxylic acids is 1. The Hall–Kier alpha value is -3.61. The van der Waals surface area contributed by atoms with Gasteiger partial charge in [0.1, 0.15) is 10.8 Å². The second kappa shape index (κ2) is 14.7. The molecule has 0 atom stereocenters. The van der Waals surface area contributed by atoms with Crippen molar-refractivity contribution >= 4 is 34.8 Å². The number of piperazine rings is 1. The lowest BCUT2D eigenvalue weighted by atomic mass is 10.1. The Morgan fingerprint density at radius 3 is 2.36 bits per heavy atom. The van der Waals surface area contributed by atoms with Crippen molar-refractivity contribution in [1.82, 2.24) is 9.88 Å². The molecule has 1 fully saturated rings. The van der Waals surface area contributed by atoms with Crippen molar-refractivity contribution < 1.29 is 32.1 Å². The van der Waals surface area contributed by atoms with E-state index in [-0.39, 0.29) is 5.82 Å². The van der Waals surface area contributed by atoms with Crippen molar-refractivity contribution in [3.63, 3.8) is 0 Å². The number of hydrogen-bond donors (Lipinski definition) is 0. The highest BCUT2D eigenvalue weighted by atomic mass is 32.2. The van der Waals surface area contributed by atoms with Gasteiger partial charge in [-0.25, -0.2) is 14.2 Å². The van der Waals surface area contributed by atoms with Crippen LogP contribution in [0.1, 0.15) is 42.0 Å². The fraction of sp³-hybridized carbons (Fsp3) is 0.333. The molecule has 5 rings (SSSR count). The molecule has 1 aliphatic rings. The summed E-state index contributed by atoms with van der Waals surface area (Å²) in [6.45, 7) is 7.10. The molecule has 45 heavy (non-hydrogen) atoms. The maximum absolute atomic E-state index is 13.4. The van der Waals surface area contributed by atoms with Gasteiger partial charge in [-0.15, -0.1) is 23.1 Å². The van der Waals surface area contributed by atoms with Gasteiger partial charge in [0.05, 0.1) is 11.3 Å². The van der Waals surface area contributed by atoms with Crippen molar-refractivity contribution in [1.29, 1.82) is 0 Å². The lowest BCUT2D eigenvalue weighted by molar-refractivity contribution is -0.211. The van der Waals surface area contributed by atoms with Crippen LogP contribution in [0.3, 0.4) is 0 Å². The molecule has 0 aliphatic carbocycles. The van der Waals surface area contributed by atoms with E-state index in [1.54, 1.807) is 30.0 Å². The van der Waals surface area contributed by atoms with E-state index in [2.05, 4.69) is 16.7 Å². The Bertz CT molecular complexity index is 1590. The molecule has 2 heterocycles. The first kappa shape index (κ1) is 32.8. The molecule has 0 unspecified atom stereocenters. The number of thiazole rings is 1. The Kier molecular flexibility index (Phi) is 10.7. The average Bonchev–Trinajstić information content (AvgIpc) is 3.42. The quantitative estimate of drug-likeness (QED) is 0.0694. The van der Waals surface area contributed by atoms with E-state index in [0.717, 1.165) is 77.9 Å². The van der Waals surface area contributed by atoms with E-state index >= 15 is 0 Å². The molecule has 0 saturated carbocycles. The average molecular weight is 660 g/mol. The number of hydrogen-bond acceptors (Lipinski definition) is 8. The molecular weight excluding hydrogens is 627 g/mol. The fourth-order valence-electron chi connectivity index (χ4n) is 5.02. The molecule has 6 nitrogen and oxygen atoms in total. The van der Waals surface area contributed by atoms with Gasteiger partial charge in [0.2, 0.25) is 0 Å². The van der Waals surface area contributed by atoms with E-state index < -0.39 is 17.7 Å². The zero-order valence-corrected chi connectivity index (χ0v) is 26.5. The first-order valence-electron chi connectivity index (χ1n) is 14.6. The number of rotatable bonds is 11. The maximum Gasteiger partial charge on any atom is 0.416 e. The number of aryl methyl sites for hydroxylation is 1. The summed E-state index contributed by atoms with van der Waals surface area (Å²) in [5.41, 5.74) is 2.77. The summed E-state index contributed by atoms with van der Waals surface area (Å²) < 4.78 is 52.9. The highest BCUT2D eigenvalue weighted by molar-refractivity contribution is 7.98. The number of anilines is 1. The summed E-state index contributed by atoms with van der Waals surface area (Å²) in [6, 6.07) is 17.4. The SMILES string of the molecule is CCCc1cc(SCc2sc(-c3ccc(C(F)(F)F)cc3)nc2CN2CCN(c3ccc(F)cc3)CC2)ccc1OOC(C)=O. The third kappa shape index (κ3) is 8.77. The molecule has 4 aromatic rings. The van der Waals surface area contributed by atoms with Crippen LogP contribution in [-0.4, -0.2) is 42.0 Å². The lowest BCUT2D eigenvalue weighted by Crippen LogP contribution is -2.46. The van der Waals surface area contributed by atoms with Gasteiger partial charge in [-0.2, -0.15) is 13.2 Å². The molecule has 12 heteroatoms. The van der Waals surface area contributed by atoms with Crippen molar-refractivity contribution in [3.05, 3.63) is 94.2 Å². The molecule has 238 valence electrons. The smallest absolute Gasteiger partial charge is 0.369 e. The van der Waals surface area contributed by atoms with E-state index in [1.807, 2.05) is 12.1 Å². The number of thioether (sulfide) groups is 1. The minimum absolute atomic E-state index is 0.261. The molecular formula is C33H33F4N3O3S2. The lowest BCUT2D eigenvalue weighted by Gasteiger charge is -2.36. The largest absolute Gasteiger partial charge is 0.416 e. The normalized spacial score (nSPS) is 14.0. The highest BCUT2D eigenvalue weighted by Gasteiger charge is 2.30. The molecule has 0 radical (unpaired) electrons. The second-order valence-corrected chi connectivity index (χ2v) is 12.8. The number of alkyl halides is 3. The number of carbonyl (C=O) groups is 1. The highest BCUT2D eigenvalue weighted by Crippen LogP contribution is 2.37. The van der Waals surface area contributed by atoms with Gasteiger partial charge < -0.3 is 4.90 Å². The summed E-state index contributed by atoms with van der Waals surface area (Å²) in [4.78, 5) is 32.7. The van der Waals surface area contributed by atoms with Gasteiger partial charge in [0.15, 0.2) is 5.75 Å². The van der Waals surface area contributed by atoms with E-state index in [4.69, 9.17) is 14.8 Å². The molecule has 1 saturated heterocycles. The maximum atomic E-state index is 13.4. The predicted molar refractivity (Wildman–Crippen MR) is 169 cm³/mol. The van der Waals surface area contributed by atoms with Gasteiger partial charge in [-0.3, -0.25) is 14.7 Å². The molecule has 1 aromatic heterocycles. The summed E-state index contributed by atoms with van der Waals surface area (Å²) in [5, 5.41) is 0.677. The van der Waals surface area contributed by atoms with E-state index in [9.17, 15) is 22.4 Å². The Balaban J connectivity index is 1.33. The summed E-state index contributed by atoms with van der Waals surface area (Å²) in [5.74, 6) is 0.329. The zero-order valence-electron chi connectivity index (χ0n) is 24.9. The second-order valence-electron chi connectivity index (χ2n) is 10.7. The number of nitrogens with zero attached hydrogens (tertiary/aromatic N) is 3. The topological polar surface area (TPSA) is 54.9 Å². The van der Waals surface area contributed by atoms with Gasteiger partial charge in [-0.1, -0.05) is 25.5 Å². The van der Waals surface area contributed by atoms with Crippen LogP contribution in [0.4, 0.5) is 23.2 Å². The Morgan fingerprint density at radius 2 is 1.71 bits per heavy atom. The van der Waals surface area contributed by atoms with Gasteiger partial charge in [-0.05, 0) is 61.0 Å².